The van der Waals surface area contributed by atoms with Gasteiger partial charge in [0.15, 0.2) is 0 Å². The van der Waals surface area contributed by atoms with Gasteiger partial charge in [0.1, 0.15) is 0 Å². The van der Waals surface area contributed by atoms with Gasteiger partial charge in [0.05, 0.1) is 45.5 Å². The lowest BCUT2D eigenvalue weighted by molar-refractivity contribution is 1.45. The van der Waals surface area contributed by atoms with E-state index < -0.39 is 0 Å². The molecule has 39 heavy (non-hydrogen) atoms. The topological polar surface area (TPSA) is 218 Å². The van der Waals surface area contributed by atoms with Gasteiger partial charge in [0.25, 0.3) is 0 Å². The first kappa shape index (κ1) is 30.0. The fourth-order valence-corrected chi connectivity index (χ4v) is 3.34. The standard InChI is InChI=1S/C15H18N4.C12H14N4.C3H7N/c1-9(2)19-15-6-4-11(8-14(15)18)10-3-5-12(16)13(17)7-10;13-9-3-1-7(5-11(9)15)8-2-4-10(14)12(16)6-8;1-3(2)4/h3-8H,16-18H2,1-2H3;1-6H,13-16H2;4H,1-2H3. The van der Waals surface area contributed by atoms with Gasteiger partial charge in [-0.25, -0.2) is 0 Å². The molecule has 4 aromatic rings. The predicted octanol–water partition coefficient (Wildman–Crippen LogP) is 5.94. The molecule has 4 aromatic carbocycles. The highest BCUT2D eigenvalue weighted by Crippen LogP contribution is 2.31. The zero-order valence-corrected chi connectivity index (χ0v) is 22.9. The Balaban J connectivity index is 0.000000243. The summed E-state index contributed by atoms with van der Waals surface area (Å²) in [6.07, 6.45) is 0. The molecule has 15 N–H and O–H groups in total. The van der Waals surface area contributed by atoms with Crippen molar-refractivity contribution < 1.29 is 0 Å². The summed E-state index contributed by atoms with van der Waals surface area (Å²) in [7, 11) is 0. The molecule has 9 heteroatoms. The maximum absolute atomic E-state index is 6.50. The van der Waals surface area contributed by atoms with Gasteiger partial charge in [-0.3, -0.25) is 4.99 Å². The minimum atomic E-state index is 0.563. The van der Waals surface area contributed by atoms with E-state index in [9.17, 15) is 0 Å². The van der Waals surface area contributed by atoms with Crippen LogP contribution in [0.2, 0.25) is 0 Å². The molecule has 0 atom stereocenters. The van der Waals surface area contributed by atoms with Gasteiger partial charge in [0.2, 0.25) is 0 Å². The van der Waals surface area contributed by atoms with Crippen LogP contribution in [0.5, 0.6) is 0 Å². The van der Waals surface area contributed by atoms with E-state index in [0.29, 0.717) is 45.5 Å². The van der Waals surface area contributed by atoms with Crippen molar-refractivity contribution in [1.29, 1.82) is 5.41 Å². The van der Waals surface area contributed by atoms with Crippen LogP contribution in [0.1, 0.15) is 27.7 Å². The second-order valence-corrected chi connectivity index (χ2v) is 9.36. The average molecular weight is 526 g/mol. The summed E-state index contributed by atoms with van der Waals surface area (Å²) in [6.45, 7) is 7.38. The third-order valence-corrected chi connectivity index (χ3v) is 5.30. The van der Waals surface area contributed by atoms with E-state index in [1.165, 1.54) is 0 Å². The first-order valence-electron chi connectivity index (χ1n) is 12.2. The van der Waals surface area contributed by atoms with Gasteiger partial charge in [0, 0.05) is 11.4 Å². The van der Waals surface area contributed by atoms with E-state index in [1.807, 2.05) is 68.4 Å². The number of nitrogens with zero attached hydrogens (tertiary/aromatic N) is 1. The van der Waals surface area contributed by atoms with Crippen LogP contribution in [0.4, 0.5) is 45.5 Å². The SMILES string of the molecule is CC(C)=N.CC(C)=Nc1ccc(-c2ccc(N)c(N)c2)cc1N.Nc1ccc(-c2ccc(N)c(N)c2)cc1N. The van der Waals surface area contributed by atoms with Crippen molar-refractivity contribution in [2.45, 2.75) is 27.7 Å². The summed E-state index contributed by atoms with van der Waals surface area (Å²) >= 11 is 0. The van der Waals surface area contributed by atoms with Crippen LogP contribution in [-0.2, 0) is 0 Å². The Hall–Kier alpha value is -5.18. The van der Waals surface area contributed by atoms with E-state index in [2.05, 4.69) is 4.99 Å². The lowest BCUT2D eigenvalue weighted by Crippen LogP contribution is -1.96. The molecular formula is C30H39N9. The summed E-state index contributed by atoms with van der Waals surface area (Å²) in [4.78, 5) is 4.37. The highest BCUT2D eigenvalue weighted by Gasteiger charge is 2.05. The van der Waals surface area contributed by atoms with Crippen LogP contribution in [-0.4, -0.2) is 11.4 Å². The summed E-state index contributed by atoms with van der Waals surface area (Å²) in [5, 5.41) is 6.50. The Labute approximate surface area is 230 Å². The van der Waals surface area contributed by atoms with E-state index in [4.69, 9.17) is 45.5 Å². The molecule has 9 nitrogen and oxygen atoms in total. The molecule has 0 aliphatic carbocycles. The second-order valence-electron chi connectivity index (χ2n) is 9.36. The minimum absolute atomic E-state index is 0.563. The van der Waals surface area contributed by atoms with Crippen molar-refractivity contribution in [3.05, 3.63) is 72.8 Å². The summed E-state index contributed by atoms with van der Waals surface area (Å²) < 4.78 is 0. The van der Waals surface area contributed by atoms with Crippen LogP contribution in [0.3, 0.4) is 0 Å². The maximum Gasteiger partial charge on any atom is 0.0858 e. The molecule has 0 spiro atoms. The number of hydrogen-bond donors (Lipinski definition) is 8. The Morgan fingerprint density at radius 2 is 0.744 bits per heavy atom. The van der Waals surface area contributed by atoms with E-state index in [0.717, 1.165) is 33.7 Å². The monoisotopic (exact) mass is 525 g/mol. The molecule has 0 aliphatic heterocycles. The molecule has 0 radical (unpaired) electrons. The number of nitrogens with one attached hydrogen (secondary N) is 1. The zero-order chi connectivity index (χ0) is 29.3. The Morgan fingerprint density at radius 3 is 1.00 bits per heavy atom. The number of nitrogens with two attached hydrogens (primary N) is 7. The van der Waals surface area contributed by atoms with Gasteiger partial charge in [-0.05, 0) is 98.5 Å². The fraction of sp³-hybridized carbons (Fsp3) is 0.133. The normalized spacial score (nSPS) is 9.85. The van der Waals surface area contributed by atoms with Gasteiger partial charge in [-0.15, -0.1) is 0 Å². The average Bonchev–Trinajstić information content (AvgIpc) is 2.85. The smallest absolute Gasteiger partial charge is 0.0858 e. The molecule has 4 rings (SSSR count). The third-order valence-electron chi connectivity index (χ3n) is 5.30. The fourth-order valence-electron chi connectivity index (χ4n) is 3.34. The number of rotatable bonds is 3. The van der Waals surface area contributed by atoms with Crippen LogP contribution < -0.4 is 40.1 Å². The Kier molecular flexibility index (Phi) is 10.3. The molecule has 0 aliphatic rings. The van der Waals surface area contributed by atoms with Crippen LogP contribution >= 0.6 is 0 Å². The number of hydrogen-bond acceptors (Lipinski definition) is 9. The minimum Gasteiger partial charge on any atom is -0.397 e. The molecule has 0 unspecified atom stereocenters. The van der Waals surface area contributed by atoms with Crippen molar-refractivity contribution in [3.8, 4) is 22.3 Å². The highest BCUT2D eigenvalue weighted by molar-refractivity contribution is 5.86. The van der Waals surface area contributed by atoms with E-state index in [1.54, 1.807) is 32.0 Å². The molecular weight excluding hydrogens is 486 g/mol. The largest absolute Gasteiger partial charge is 0.397 e. The molecule has 0 aromatic heterocycles. The molecule has 0 bridgehead atoms. The lowest BCUT2D eigenvalue weighted by atomic mass is 10.0. The number of nitrogen functional groups attached to an aromatic ring is 7. The van der Waals surface area contributed by atoms with Crippen molar-refractivity contribution in [1.82, 2.24) is 0 Å². The summed E-state index contributed by atoms with van der Waals surface area (Å²) in [5.41, 5.74) is 50.8. The molecule has 0 saturated heterocycles. The maximum atomic E-state index is 6.50. The first-order chi connectivity index (χ1) is 18.3. The van der Waals surface area contributed by atoms with Crippen molar-refractivity contribution >= 4 is 56.9 Å². The third kappa shape index (κ3) is 9.01. The van der Waals surface area contributed by atoms with Crippen LogP contribution in [0.25, 0.3) is 22.3 Å². The van der Waals surface area contributed by atoms with E-state index >= 15 is 0 Å². The molecule has 0 fully saturated rings. The predicted molar refractivity (Wildman–Crippen MR) is 172 cm³/mol. The van der Waals surface area contributed by atoms with Crippen molar-refractivity contribution in [3.63, 3.8) is 0 Å². The van der Waals surface area contributed by atoms with Crippen molar-refractivity contribution in [2.24, 2.45) is 4.99 Å². The lowest BCUT2D eigenvalue weighted by Gasteiger charge is -2.08. The molecule has 0 amide bonds. The Bertz CT molecular complexity index is 1430. The summed E-state index contributed by atoms with van der Waals surface area (Å²) in [6, 6.07) is 22.3. The number of aliphatic imine (C=N–C) groups is 1. The molecule has 0 saturated carbocycles. The van der Waals surface area contributed by atoms with Gasteiger partial charge in [-0.2, -0.15) is 0 Å². The van der Waals surface area contributed by atoms with Gasteiger partial charge >= 0.3 is 0 Å². The van der Waals surface area contributed by atoms with Gasteiger partial charge in [-0.1, -0.05) is 24.3 Å². The number of anilines is 7. The summed E-state index contributed by atoms with van der Waals surface area (Å²) in [5.74, 6) is 0. The zero-order valence-electron chi connectivity index (χ0n) is 22.9. The van der Waals surface area contributed by atoms with Gasteiger partial charge < -0.3 is 45.5 Å². The molecule has 204 valence electrons. The first-order valence-corrected chi connectivity index (χ1v) is 12.2. The number of benzene rings is 4. The van der Waals surface area contributed by atoms with E-state index in [-0.39, 0.29) is 0 Å². The second kappa shape index (κ2) is 13.4. The molecule has 0 heterocycles. The highest BCUT2D eigenvalue weighted by atomic mass is 14.8. The quantitative estimate of drug-likeness (QED) is 0.119. The van der Waals surface area contributed by atoms with Crippen LogP contribution in [0, 0.1) is 5.41 Å². The Morgan fingerprint density at radius 1 is 0.462 bits per heavy atom. The van der Waals surface area contributed by atoms with Crippen LogP contribution in [0.15, 0.2) is 77.8 Å². The van der Waals surface area contributed by atoms with Crippen molar-refractivity contribution in [2.75, 3.05) is 40.1 Å².